The number of halogens is 1. The second-order valence-corrected chi connectivity index (χ2v) is 4.20. The molecule has 0 saturated carbocycles. The normalized spacial score (nSPS) is 35.8. The Labute approximate surface area is 72.5 Å². The van der Waals surface area contributed by atoms with Crippen molar-refractivity contribution in [2.45, 2.75) is 45.3 Å². The maximum absolute atomic E-state index is 13.3. The molecule has 2 nitrogen and oxygen atoms in total. The van der Waals surface area contributed by atoms with E-state index in [1.54, 1.807) is 0 Å². The standard InChI is InChI=1S/C9H16FNO/c1-6(2)4-7-5-9(3,10)8(12)11-7/h6-7H,4-5H2,1-3H3,(H,11,12). The summed E-state index contributed by atoms with van der Waals surface area (Å²) in [6.45, 7) is 5.49. The molecule has 2 unspecified atom stereocenters. The molecule has 1 N–H and O–H groups in total. The Morgan fingerprint density at radius 2 is 2.33 bits per heavy atom. The van der Waals surface area contributed by atoms with Gasteiger partial charge in [-0.25, -0.2) is 4.39 Å². The van der Waals surface area contributed by atoms with Crippen molar-refractivity contribution in [3.8, 4) is 0 Å². The van der Waals surface area contributed by atoms with Crippen molar-refractivity contribution in [1.82, 2.24) is 5.32 Å². The summed E-state index contributed by atoms with van der Waals surface area (Å²) < 4.78 is 13.3. The second-order valence-electron chi connectivity index (χ2n) is 4.20. The zero-order valence-corrected chi connectivity index (χ0v) is 7.86. The van der Waals surface area contributed by atoms with Crippen LogP contribution in [0.15, 0.2) is 0 Å². The first-order valence-corrected chi connectivity index (χ1v) is 4.41. The summed E-state index contributed by atoms with van der Waals surface area (Å²) in [7, 11) is 0. The van der Waals surface area contributed by atoms with Crippen LogP contribution < -0.4 is 5.32 Å². The van der Waals surface area contributed by atoms with Gasteiger partial charge in [-0.1, -0.05) is 13.8 Å². The summed E-state index contributed by atoms with van der Waals surface area (Å²) in [5.41, 5.74) is -1.64. The molecule has 1 amide bonds. The van der Waals surface area contributed by atoms with Crippen molar-refractivity contribution < 1.29 is 9.18 Å². The molecule has 1 saturated heterocycles. The molecule has 1 aliphatic rings. The zero-order valence-electron chi connectivity index (χ0n) is 7.86. The third kappa shape index (κ3) is 1.96. The van der Waals surface area contributed by atoms with E-state index in [0.717, 1.165) is 6.42 Å². The van der Waals surface area contributed by atoms with Crippen molar-refractivity contribution in [3.05, 3.63) is 0 Å². The van der Waals surface area contributed by atoms with Crippen LogP contribution in [0.4, 0.5) is 4.39 Å². The molecule has 3 heteroatoms. The van der Waals surface area contributed by atoms with Crippen LogP contribution in [0, 0.1) is 5.92 Å². The number of rotatable bonds is 2. The smallest absolute Gasteiger partial charge is 0.257 e. The number of hydrogen-bond donors (Lipinski definition) is 1. The quantitative estimate of drug-likeness (QED) is 0.676. The lowest BCUT2D eigenvalue weighted by atomic mass is 9.98. The number of amides is 1. The Kier molecular flexibility index (Phi) is 2.40. The average molecular weight is 173 g/mol. The maximum atomic E-state index is 13.3. The summed E-state index contributed by atoms with van der Waals surface area (Å²) in [5, 5.41) is 2.66. The topological polar surface area (TPSA) is 29.1 Å². The molecule has 0 radical (unpaired) electrons. The molecular weight excluding hydrogens is 157 g/mol. The molecule has 0 aromatic heterocycles. The lowest BCUT2D eigenvalue weighted by molar-refractivity contribution is -0.128. The molecule has 1 fully saturated rings. The van der Waals surface area contributed by atoms with E-state index in [1.807, 2.05) is 0 Å². The minimum absolute atomic E-state index is 0.0347. The van der Waals surface area contributed by atoms with Crippen molar-refractivity contribution >= 4 is 5.91 Å². The van der Waals surface area contributed by atoms with Crippen LogP contribution in [0.5, 0.6) is 0 Å². The average Bonchev–Trinajstić information content (AvgIpc) is 2.04. The molecule has 1 rings (SSSR count). The highest BCUT2D eigenvalue weighted by atomic mass is 19.1. The minimum atomic E-state index is -1.64. The van der Waals surface area contributed by atoms with Crippen molar-refractivity contribution in [3.63, 3.8) is 0 Å². The van der Waals surface area contributed by atoms with E-state index in [1.165, 1.54) is 6.92 Å². The van der Waals surface area contributed by atoms with Gasteiger partial charge in [0.1, 0.15) is 0 Å². The van der Waals surface area contributed by atoms with E-state index >= 15 is 0 Å². The van der Waals surface area contributed by atoms with Gasteiger partial charge in [0, 0.05) is 12.5 Å². The molecule has 70 valence electrons. The molecular formula is C9H16FNO. The highest BCUT2D eigenvalue weighted by Gasteiger charge is 2.43. The van der Waals surface area contributed by atoms with Gasteiger partial charge in [-0.2, -0.15) is 0 Å². The zero-order chi connectivity index (χ0) is 9.35. The predicted molar refractivity (Wildman–Crippen MR) is 45.5 cm³/mol. The summed E-state index contributed by atoms with van der Waals surface area (Å²) >= 11 is 0. The number of carbonyl (C=O) groups excluding carboxylic acids is 1. The Morgan fingerprint density at radius 1 is 1.75 bits per heavy atom. The number of hydrogen-bond acceptors (Lipinski definition) is 1. The summed E-state index contributed by atoms with van der Waals surface area (Å²) in [6, 6.07) is 0.0347. The van der Waals surface area contributed by atoms with Gasteiger partial charge in [-0.05, 0) is 19.3 Å². The van der Waals surface area contributed by atoms with Crippen LogP contribution in [0.3, 0.4) is 0 Å². The molecule has 1 aliphatic heterocycles. The Bertz CT molecular complexity index is 189. The third-order valence-corrected chi connectivity index (χ3v) is 2.19. The van der Waals surface area contributed by atoms with Crippen LogP contribution >= 0.6 is 0 Å². The van der Waals surface area contributed by atoms with Crippen LogP contribution in [0.25, 0.3) is 0 Å². The SMILES string of the molecule is CC(C)CC1CC(C)(F)C(=O)N1. The van der Waals surface area contributed by atoms with Crippen molar-refractivity contribution in [2.24, 2.45) is 5.92 Å². The van der Waals surface area contributed by atoms with Gasteiger partial charge in [-0.3, -0.25) is 4.79 Å². The molecule has 0 aromatic rings. The van der Waals surface area contributed by atoms with E-state index in [2.05, 4.69) is 19.2 Å². The van der Waals surface area contributed by atoms with Crippen LogP contribution in [-0.2, 0) is 4.79 Å². The fourth-order valence-electron chi connectivity index (χ4n) is 1.65. The number of carbonyl (C=O) groups is 1. The Hall–Kier alpha value is -0.600. The van der Waals surface area contributed by atoms with Crippen LogP contribution in [-0.4, -0.2) is 17.6 Å². The molecule has 0 aromatic carbocycles. The molecule has 2 atom stereocenters. The van der Waals surface area contributed by atoms with Crippen molar-refractivity contribution in [1.29, 1.82) is 0 Å². The predicted octanol–water partition coefficient (Wildman–Crippen LogP) is 1.65. The van der Waals surface area contributed by atoms with E-state index in [-0.39, 0.29) is 6.04 Å². The molecule has 0 aliphatic carbocycles. The first-order chi connectivity index (χ1) is 5.42. The van der Waals surface area contributed by atoms with Gasteiger partial charge in [0.15, 0.2) is 5.67 Å². The third-order valence-electron chi connectivity index (χ3n) is 2.19. The first-order valence-electron chi connectivity index (χ1n) is 4.41. The molecule has 12 heavy (non-hydrogen) atoms. The lowest BCUT2D eigenvalue weighted by Crippen LogP contribution is -2.31. The first kappa shape index (κ1) is 9.49. The largest absolute Gasteiger partial charge is 0.350 e. The van der Waals surface area contributed by atoms with Crippen LogP contribution in [0.2, 0.25) is 0 Å². The van der Waals surface area contributed by atoms with Gasteiger partial charge in [0.2, 0.25) is 0 Å². The molecule has 0 spiro atoms. The van der Waals surface area contributed by atoms with Crippen molar-refractivity contribution in [2.75, 3.05) is 0 Å². The van der Waals surface area contributed by atoms with E-state index in [9.17, 15) is 9.18 Å². The van der Waals surface area contributed by atoms with Crippen LogP contribution in [0.1, 0.15) is 33.6 Å². The highest BCUT2D eigenvalue weighted by molar-refractivity contribution is 5.87. The number of alkyl halides is 1. The van der Waals surface area contributed by atoms with Gasteiger partial charge in [0.05, 0.1) is 0 Å². The Balaban J connectivity index is 2.50. The maximum Gasteiger partial charge on any atom is 0.257 e. The fourth-order valence-corrected chi connectivity index (χ4v) is 1.65. The Morgan fingerprint density at radius 3 is 2.67 bits per heavy atom. The summed E-state index contributed by atoms with van der Waals surface area (Å²) in [6.07, 6.45) is 1.19. The monoisotopic (exact) mass is 173 g/mol. The second kappa shape index (κ2) is 3.04. The highest BCUT2D eigenvalue weighted by Crippen LogP contribution is 2.27. The summed E-state index contributed by atoms with van der Waals surface area (Å²) in [4.78, 5) is 11.0. The van der Waals surface area contributed by atoms with Gasteiger partial charge >= 0.3 is 0 Å². The molecule has 1 heterocycles. The number of nitrogens with one attached hydrogen (secondary N) is 1. The van der Waals surface area contributed by atoms with E-state index in [4.69, 9.17) is 0 Å². The minimum Gasteiger partial charge on any atom is -0.350 e. The lowest BCUT2D eigenvalue weighted by Gasteiger charge is -2.12. The van der Waals surface area contributed by atoms with E-state index in [0.29, 0.717) is 12.3 Å². The van der Waals surface area contributed by atoms with Gasteiger partial charge in [-0.15, -0.1) is 0 Å². The van der Waals surface area contributed by atoms with Gasteiger partial charge < -0.3 is 5.32 Å². The molecule has 0 bridgehead atoms. The summed E-state index contributed by atoms with van der Waals surface area (Å²) in [5.74, 6) is 0.0531. The van der Waals surface area contributed by atoms with E-state index < -0.39 is 11.6 Å². The fraction of sp³-hybridized carbons (Fsp3) is 0.889. The van der Waals surface area contributed by atoms with Gasteiger partial charge in [0.25, 0.3) is 5.91 Å².